The zero-order valence-corrected chi connectivity index (χ0v) is 13.0. The van der Waals surface area contributed by atoms with Crippen molar-refractivity contribution in [3.05, 3.63) is 35.9 Å². The van der Waals surface area contributed by atoms with Crippen LogP contribution >= 0.6 is 0 Å². The van der Waals surface area contributed by atoms with Crippen molar-refractivity contribution in [1.29, 1.82) is 0 Å². The van der Waals surface area contributed by atoms with Crippen molar-refractivity contribution in [2.45, 2.75) is 32.9 Å². The maximum atomic E-state index is 12.8. The molecule has 5 heteroatoms. The average molecular weight is 300 g/mol. The number of nitrogens with zero attached hydrogens (tertiary/aromatic N) is 2. The molecular formula is C17H20N2O3. The first-order valence-corrected chi connectivity index (χ1v) is 7.71. The Morgan fingerprint density at radius 1 is 1.00 bits per heavy atom. The molecule has 0 aromatic heterocycles. The molecule has 2 aliphatic rings. The van der Waals surface area contributed by atoms with E-state index < -0.39 is 11.8 Å². The molecule has 22 heavy (non-hydrogen) atoms. The Morgan fingerprint density at radius 3 is 2.18 bits per heavy atom. The quantitative estimate of drug-likeness (QED) is 0.629. The third-order valence-corrected chi connectivity index (χ3v) is 4.62. The smallest absolute Gasteiger partial charge is 0.242 e. The summed E-state index contributed by atoms with van der Waals surface area (Å²) in [6.07, 6.45) is 0. The SMILES string of the molecule is CCN1C(=O)C2C(=O)N(C(C)C)C(c3ccccc3)C2C1=O. The van der Waals surface area contributed by atoms with Gasteiger partial charge in [-0.2, -0.15) is 0 Å². The van der Waals surface area contributed by atoms with Gasteiger partial charge in [0.25, 0.3) is 0 Å². The summed E-state index contributed by atoms with van der Waals surface area (Å²) in [6.45, 7) is 5.92. The number of rotatable bonds is 3. The standard InChI is InChI=1S/C17H20N2O3/c1-4-18-15(20)12-13(16(18)21)17(22)19(10(2)3)14(12)11-8-6-5-7-9-11/h5-10,12-14H,4H2,1-3H3. The molecule has 1 aromatic carbocycles. The van der Waals surface area contributed by atoms with Gasteiger partial charge in [-0.3, -0.25) is 19.3 Å². The van der Waals surface area contributed by atoms with Crippen LogP contribution in [0, 0.1) is 11.8 Å². The summed E-state index contributed by atoms with van der Waals surface area (Å²) >= 11 is 0. The van der Waals surface area contributed by atoms with Gasteiger partial charge >= 0.3 is 0 Å². The molecule has 3 amide bonds. The Hall–Kier alpha value is -2.17. The van der Waals surface area contributed by atoms with Crippen LogP contribution in [-0.2, 0) is 14.4 Å². The van der Waals surface area contributed by atoms with E-state index in [0.29, 0.717) is 6.54 Å². The third kappa shape index (κ3) is 1.88. The lowest BCUT2D eigenvalue weighted by molar-refractivity contribution is -0.145. The molecule has 5 nitrogen and oxygen atoms in total. The van der Waals surface area contributed by atoms with Gasteiger partial charge in [-0.15, -0.1) is 0 Å². The molecule has 0 aliphatic carbocycles. The van der Waals surface area contributed by atoms with E-state index >= 15 is 0 Å². The monoisotopic (exact) mass is 300 g/mol. The highest BCUT2D eigenvalue weighted by atomic mass is 16.2. The van der Waals surface area contributed by atoms with Gasteiger partial charge in [0.15, 0.2) is 0 Å². The fraction of sp³-hybridized carbons (Fsp3) is 0.471. The summed E-state index contributed by atoms with van der Waals surface area (Å²) in [6, 6.07) is 9.11. The molecule has 2 aliphatic heterocycles. The molecule has 3 atom stereocenters. The minimum atomic E-state index is -0.847. The van der Waals surface area contributed by atoms with E-state index in [1.165, 1.54) is 4.90 Å². The zero-order chi connectivity index (χ0) is 16.0. The number of likely N-dealkylation sites (tertiary alicyclic amines) is 2. The van der Waals surface area contributed by atoms with Crippen LogP contribution < -0.4 is 0 Å². The van der Waals surface area contributed by atoms with Crippen molar-refractivity contribution in [1.82, 2.24) is 9.80 Å². The summed E-state index contributed by atoms with van der Waals surface area (Å²) in [5.41, 5.74) is 0.913. The van der Waals surface area contributed by atoms with E-state index in [2.05, 4.69) is 0 Å². The van der Waals surface area contributed by atoms with Crippen molar-refractivity contribution < 1.29 is 14.4 Å². The minimum Gasteiger partial charge on any atom is -0.332 e. The Balaban J connectivity index is 2.11. The lowest BCUT2D eigenvalue weighted by Crippen LogP contribution is -2.42. The van der Waals surface area contributed by atoms with Crippen molar-refractivity contribution >= 4 is 17.7 Å². The molecule has 0 bridgehead atoms. The van der Waals surface area contributed by atoms with E-state index in [9.17, 15) is 14.4 Å². The summed E-state index contributed by atoms with van der Waals surface area (Å²) in [4.78, 5) is 40.8. The van der Waals surface area contributed by atoms with Gasteiger partial charge in [0, 0.05) is 12.6 Å². The summed E-state index contributed by atoms with van der Waals surface area (Å²) < 4.78 is 0. The van der Waals surface area contributed by atoms with Crippen LogP contribution in [0.15, 0.2) is 30.3 Å². The molecule has 1 aromatic rings. The first-order chi connectivity index (χ1) is 10.5. The lowest BCUT2D eigenvalue weighted by atomic mass is 9.88. The van der Waals surface area contributed by atoms with E-state index in [1.54, 1.807) is 11.8 Å². The van der Waals surface area contributed by atoms with Gasteiger partial charge < -0.3 is 4.90 Å². The molecule has 0 N–H and O–H groups in total. The molecule has 116 valence electrons. The maximum absolute atomic E-state index is 12.8. The maximum Gasteiger partial charge on any atom is 0.242 e. The number of imide groups is 1. The predicted octanol–water partition coefficient (Wildman–Crippen LogP) is 1.60. The molecule has 0 saturated carbocycles. The van der Waals surface area contributed by atoms with Crippen LogP contribution in [0.25, 0.3) is 0 Å². The highest BCUT2D eigenvalue weighted by molar-refractivity contribution is 6.17. The molecule has 3 unspecified atom stereocenters. The predicted molar refractivity (Wildman–Crippen MR) is 80.5 cm³/mol. The highest BCUT2D eigenvalue weighted by Gasteiger charge is 2.62. The van der Waals surface area contributed by atoms with Crippen LogP contribution in [0.5, 0.6) is 0 Å². The van der Waals surface area contributed by atoms with E-state index in [0.717, 1.165) is 5.56 Å². The average Bonchev–Trinajstić information content (AvgIpc) is 2.94. The Kier molecular flexibility index (Phi) is 3.51. The second kappa shape index (κ2) is 5.23. The van der Waals surface area contributed by atoms with Crippen LogP contribution in [0.2, 0.25) is 0 Å². The second-order valence-corrected chi connectivity index (χ2v) is 6.12. The van der Waals surface area contributed by atoms with Gasteiger partial charge in [0.2, 0.25) is 17.7 Å². The van der Waals surface area contributed by atoms with Crippen molar-refractivity contribution in [3.63, 3.8) is 0 Å². The zero-order valence-electron chi connectivity index (χ0n) is 13.0. The van der Waals surface area contributed by atoms with E-state index in [-0.39, 0.29) is 29.8 Å². The summed E-state index contributed by atoms with van der Waals surface area (Å²) in [5.74, 6) is -2.22. The number of amides is 3. The van der Waals surface area contributed by atoms with E-state index in [1.807, 2.05) is 44.2 Å². The second-order valence-electron chi connectivity index (χ2n) is 6.12. The number of carbonyl (C=O) groups excluding carboxylic acids is 3. The first kappa shape index (κ1) is 14.8. The largest absolute Gasteiger partial charge is 0.332 e. The topological polar surface area (TPSA) is 57.7 Å². The van der Waals surface area contributed by atoms with Crippen molar-refractivity contribution in [2.75, 3.05) is 6.54 Å². The van der Waals surface area contributed by atoms with Crippen LogP contribution in [0.3, 0.4) is 0 Å². The Morgan fingerprint density at radius 2 is 1.64 bits per heavy atom. The molecule has 0 spiro atoms. The number of carbonyl (C=O) groups is 3. The molecule has 2 fully saturated rings. The lowest BCUT2D eigenvalue weighted by Gasteiger charge is -2.32. The third-order valence-electron chi connectivity index (χ3n) is 4.62. The Bertz CT molecular complexity index is 626. The van der Waals surface area contributed by atoms with Gasteiger partial charge in [0.05, 0.1) is 12.0 Å². The van der Waals surface area contributed by atoms with Crippen LogP contribution in [-0.4, -0.2) is 40.1 Å². The van der Waals surface area contributed by atoms with Crippen molar-refractivity contribution in [2.24, 2.45) is 11.8 Å². The number of hydrogen-bond acceptors (Lipinski definition) is 3. The number of hydrogen-bond donors (Lipinski definition) is 0. The van der Waals surface area contributed by atoms with Gasteiger partial charge in [0.1, 0.15) is 5.92 Å². The minimum absolute atomic E-state index is 0.0565. The highest BCUT2D eigenvalue weighted by Crippen LogP contribution is 2.47. The molecule has 2 heterocycles. The normalized spacial score (nSPS) is 28.0. The molecule has 3 rings (SSSR count). The fourth-order valence-corrected chi connectivity index (χ4v) is 3.71. The fourth-order valence-electron chi connectivity index (χ4n) is 3.71. The van der Waals surface area contributed by atoms with Gasteiger partial charge in [-0.25, -0.2) is 0 Å². The van der Waals surface area contributed by atoms with Gasteiger partial charge in [-0.1, -0.05) is 30.3 Å². The summed E-state index contributed by atoms with van der Waals surface area (Å²) in [5, 5.41) is 0. The first-order valence-electron chi connectivity index (χ1n) is 7.71. The summed E-state index contributed by atoms with van der Waals surface area (Å²) in [7, 11) is 0. The molecule has 2 saturated heterocycles. The number of fused-ring (bicyclic) bond motifs is 1. The molecule has 0 radical (unpaired) electrons. The van der Waals surface area contributed by atoms with Crippen LogP contribution in [0.1, 0.15) is 32.4 Å². The van der Waals surface area contributed by atoms with E-state index in [4.69, 9.17) is 0 Å². The van der Waals surface area contributed by atoms with Gasteiger partial charge in [-0.05, 0) is 26.3 Å². The molecular weight excluding hydrogens is 280 g/mol. The number of benzene rings is 1. The Labute approximate surface area is 129 Å². The van der Waals surface area contributed by atoms with Crippen LogP contribution in [0.4, 0.5) is 0 Å². The van der Waals surface area contributed by atoms with Crippen molar-refractivity contribution in [3.8, 4) is 0 Å².